The first-order valence-corrected chi connectivity index (χ1v) is 23.4. The van der Waals surface area contributed by atoms with Gasteiger partial charge in [-0.2, -0.15) is 0 Å². The van der Waals surface area contributed by atoms with Crippen molar-refractivity contribution >= 4 is 91.4 Å². The minimum Gasteiger partial charge on any atom is -1.00 e. The molecule has 5 aromatic rings. The van der Waals surface area contributed by atoms with Crippen LogP contribution >= 0.6 is 23.2 Å². The van der Waals surface area contributed by atoms with Crippen molar-refractivity contribution in [3.8, 4) is 0 Å². The van der Waals surface area contributed by atoms with Gasteiger partial charge in [-0.15, -0.1) is 23.2 Å². The Morgan fingerprint density at radius 1 is 0.544 bits per heavy atom. The average molecular weight is 990 g/mol. The first-order valence-electron chi connectivity index (χ1n) is 22.3. The molecule has 6 rings (SSSR count). The Labute approximate surface area is 451 Å². The van der Waals surface area contributed by atoms with Gasteiger partial charge in [0.15, 0.2) is 12.6 Å². The van der Waals surface area contributed by atoms with E-state index in [0.29, 0.717) is 0 Å². The van der Waals surface area contributed by atoms with Gasteiger partial charge < -0.3 is 19.6 Å². The fourth-order valence-corrected chi connectivity index (χ4v) is 8.82. The van der Waals surface area contributed by atoms with Crippen LogP contribution in [0, 0.1) is 104 Å². The van der Waals surface area contributed by atoms with Gasteiger partial charge in [0.2, 0.25) is 6.34 Å². The summed E-state index contributed by atoms with van der Waals surface area (Å²) in [4.78, 5) is 29.1. The van der Waals surface area contributed by atoms with E-state index >= 15 is 0 Å². The molecule has 12 heteroatoms. The zero-order valence-electron chi connectivity index (χ0n) is 44.8. The number of carbonyl (C=O) groups excluding carboxylic acids is 2. The summed E-state index contributed by atoms with van der Waals surface area (Å²) in [6.45, 7) is 34.0. The van der Waals surface area contributed by atoms with E-state index in [2.05, 4.69) is 176 Å². The quantitative estimate of drug-likeness (QED) is 0.0238. The summed E-state index contributed by atoms with van der Waals surface area (Å²) in [5.74, 6) is 1.49. The normalized spacial score (nSPS) is 11.2. The van der Waals surface area contributed by atoms with Crippen LogP contribution in [0.15, 0.2) is 70.6 Å². The second-order valence-corrected chi connectivity index (χ2v) is 18.0. The number of benzene rings is 5. The van der Waals surface area contributed by atoms with Gasteiger partial charge in [-0.1, -0.05) is 88.5 Å². The van der Waals surface area contributed by atoms with Gasteiger partial charge in [-0.05, 0) is 172 Å². The molecule has 0 unspecified atom stereocenters. The molecule has 0 saturated heterocycles. The predicted octanol–water partition coefficient (Wildman–Crippen LogP) is 7.93. The van der Waals surface area contributed by atoms with E-state index in [-0.39, 0.29) is 64.4 Å². The number of alkyl halides is 2. The Balaban J connectivity index is -0.000000876. The number of halogens is 3. The molecule has 0 amide bonds. The van der Waals surface area contributed by atoms with Crippen LogP contribution in [0.5, 0.6) is 0 Å². The number of aliphatic imine (C=N–C) groups is 2. The maximum Gasteiger partial charge on any atom is 1.00 e. The van der Waals surface area contributed by atoms with Crippen LogP contribution in [0.2, 0.25) is 0 Å². The number of nitrogens with two attached hydrogens (primary N) is 1. The molecule has 7 nitrogen and oxygen atoms in total. The van der Waals surface area contributed by atoms with Crippen molar-refractivity contribution in [2.24, 2.45) is 9.98 Å². The van der Waals surface area contributed by atoms with Crippen LogP contribution in [-0.4, -0.2) is 69.2 Å². The molecule has 0 aliphatic carbocycles. The summed E-state index contributed by atoms with van der Waals surface area (Å²) in [6.07, 6.45) is 8.33. The van der Waals surface area contributed by atoms with Gasteiger partial charge in [-0.25, -0.2) is 9.48 Å². The molecule has 0 atom stereocenters. The second kappa shape index (κ2) is 33.5. The zero-order valence-corrected chi connectivity index (χ0v) is 48.1. The van der Waals surface area contributed by atoms with Crippen LogP contribution in [0.3, 0.4) is 0 Å². The van der Waals surface area contributed by atoms with Crippen LogP contribution in [0.1, 0.15) is 97.7 Å². The van der Waals surface area contributed by atoms with Crippen molar-refractivity contribution < 1.29 is 57.6 Å². The van der Waals surface area contributed by atoms with Crippen molar-refractivity contribution in [3.05, 3.63) is 144 Å². The predicted molar refractivity (Wildman–Crippen MR) is 292 cm³/mol. The van der Waals surface area contributed by atoms with Gasteiger partial charge in [-0.3, -0.25) is 19.6 Å². The Hall–Kier alpha value is -4.02. The van der Waals surface area contributed by atoms with Crippen molar-refractivity contribution in [2.45, 2.75) is 117 Å². The van der Waals surface area contributed by atoms with E-state index in [4.69, 9.17) is 38.5 Å². The molecule has 2 N–H and O–H groups in total. The molecule has 1 heterocycles. The largest absolute Gasteiger partial charge is 1.00 e. The SMILES string of the molecule is Cc1cc(C)c(N)c(C)c1.Cc1cc(C)c(N2C=[N+](c3c(C)cc(C)cc3C)CC2)c(C)c1.Cc1cc(C)c(N=CC=Nc2c(C)cc(C)cc2C)c(C)c1.ClCCCCCl.O=CC=O.[B].[Cl-].[H-].[Na+]. The number of nitrogen functional groups attached to an aromatic ring is 1. The fourth-order valence-electron chi connectivity index (χ4n) is 8.44. The molecule has 68 heavy (non-hydrogen) atoms. The summed E-state index contributed by atoms with van der Waals surface area (Å²) >= 11 is 10.6. The van der Waals surface area contributed by atoms with Gasteiger partial charge in [0, 0.05) is 38.3 Å². The third kappa shape index (κ3) is 21.3. The molecule has 0 spiro atoms. The molecule has 3 radical (unpaired) electrons. The molecular formula is C56H75BCl3N5NaO2. The molecule has 0 aromatic heterocycles. The number of anilines is 2. The summed E-state index contributed by atoms with van der Waals surface area (Å²) in [5.41, 5.74) is 30.6. The van der Waals surface area contributed by atoms with Crippen LogP contribution < -0.4 is 52.6 Å². The minimum atomic E-state index is 0. The van der Waals surface area contributed by atoms with Crippen molar-refractivity contribution in [1.82, 2.24) is 0 Å². The van der Waals surface area contributed by atoms with Gasteiger partial charge >= 0.3 is 29.6 Å². The van der Waals surface area contributed by atoms with Crippen molar-refractivity contribution in [2.75, 3.05) is 35.5 Å². The molecular weight excluding hydrogens is 915 g/mol. The van der Waals surface area contributed by atoms with Crippen molar-refractivity contribution in [3.63, 3.8) is 0 Å². The summed E-state index contributed by atoms with van der Waals surface area (Å²) in [6, 6.07) is 21.9. The Kier molecular flexibility index (Phi) is 32.6. The van der Waals surface area contributed by atoms with E-state index in [1.807, 2.05) is 13.8 Å². The number of hydrogen-bond donors (Lipinski definition) is 1. The van der Waals surface area contributed by atoms with Crippen LogP contribution in [0.4, 0.5) is 28.4 Å². The maximum absolute atomic E-state index is 8.81. The van der Waals surface area contributed by atoms with Crippen molar-refractivity contribution in [1.29, 1.82) is 0 Å². The third-order valence-corrected chi connectivity index (χ3v) is 11.3. The van der Waals surface area contributed by atoms with Gasteiger partial charge in [0.1, 0.15) is 24.5 Å². The summed E-state index contributed by atoms with van der Waals surface area (Å²) in [5, 5.41) is 0. The topological polar surface area (TPSA) is 91.1 Å². The first kappa shape index (κ1) is 66.1. The summed E-state index contributed by atoms with van der Waals surface area (Å²) in [7, 11) is 0. The number of hydrogen-bond acceptors (Lipinski definition) is 6. The molecule has 0 saturated carbocycles. The average Bonchev–Trinajstić information content (AvgIpc) is 3.68. The fraction of sp³-hybridized carbons (Fsp3) is 0.375. The van der Waals surface area contributed by atoms with E-state index in [1.54, 1.807) is 12.4 Å². The molecule has 5 aromatic carbocycles. The molecule has 0 fully saturated rings. The molecule has 1 aliphatic rings. The number of nitrogens with zero attached hydrogens (tertiary/aromatic N) is 4. The van der Waals surface area contributed by atoms with Gasteiger partial charge in [0.25, 0.3) is 0 Å². The number of unbranched alkanes of at least 4 members (excludes halogenated alkanes) is 1. The zero-order chi connectivity index (χ0) is 49.0. The number of aryl methyl sites for hydroxylation is 15. The number of rotatable bonds is 9. The first-order chi connectivity index (χ1) is 30.7. The molecule has 0 bridgehead atoms. The monoisotopic (exact) mass is 988 g/mol. The Morgan fingerprint density at radius 3 is 1.15 bits per heavy atom. The Bertz CT molecular complexity index is 2320. The number of carbonyl (C=O) groups is 2. The van der Waals surface area contributed by atoms with E-state index in [1.165, 1.54) is 94.8 Å². The summed E-state index contributed by atoms with van der Waals surface area (Å²) < 4.78 is 2.41. The van der Waals surface area contributed by atoms with Crippen LogP contribution in [-0.2, 0) is 9.59 Å². The van der Waals surface area contributed by atoms with Crippen LogP contribution in [0.25, 0.3) is 0 Å². The third-order valence-electron chi connectivity index (χ3n) is 10.8. The van der Waals surface area contributed by atoms with Gasteiger partial charge in [0.05, 0.1) is 11.4 Å². The molecule has 361 valence electrons. The number of aldehydes is 2. The smallest absolute Gasteiger partial charge is 1.00 e. The molecule has 1 aliphatic heterocycles. The van der Waals surface area contributed by atoms with E-state index in [0.717, 1.165) is 54.8 Å². The van der Waals surface area contributed by atoms with E-state index < -0.39 is 0 Å². The standard InChI is InChI=1S/C21H27N2.C20H24N2.C9H13N.C4H8Cl2.C2H2O2.B.ClH.Na.H/c1-14-9-16(3)20(17(4)10-14)22-7-8-23(13-22)21-18(5)11-15(2)12-19(21)6;1-13-9-15(3)19(16(4)10-13)21-7-8-22-20-17(5)11-14(2)12-18(20)6;1-6-4-7(2)9(10)8(3)5-6;5-3-1-2-4-6;3-1-2-4;;;;/h9-13H,7-8H2,1-6H3;7-12H,1-6H3;4-5H,10H2,1-3H3;1-4H2;1-2H;;1H;;/q+1;;;;;;;+1;-1/p-1. The second-order valence-electron chi connectivity index (χ2n) is 17.2. The van der Waals surface area contributed by atoms with E-state index in [9.17, 15) is 0 Å². The maximum atomic E-state index is 8.81. The Morgan fingerprint density at radius 2 is 0.838 bits per heavy atom. The minimum absolute atomic E-state index is 0.